The number of aromatic nitrogens is 1. The highest BCUT2D eigenvalue weighted by Gasteiger charge is 2.14. The Morgan fingerprint density at radius 1 is 1.24 bits per heavy atom. The number of hydrogen-bond acceptors (Lipinski definition) is 2. The maximum atomic E-state index is 12.6. The van der Waals surface area contributed by atoms with Gasteiger partial charge in [0, 0.05) is 12.6 Å². The highest BCUT2D eigenvalue weighted by Crippen LogP contribution is 2.20. The van der Waals surface area contributed by atoms with Crippen LogP contribution in [0.1, 0.15) is 36.8 Å². The lowest BCUT2D eigenvalue weighted by molar-refractivity contribution is -0.116. The van der Waals surface area contributed by atoms with Gasteiger partial charge in [-0.25, -0.2) is 0 Å². The second kappa shape index (κ2) is 7.97. The van der Waals surface area contributed by atoms with Gasteiger partial charge >= 0.3 is 0 Å². The van der Waals surface area contributed by atoms with E-state index in [1.54, 1.807) is 22.9 Å². The fourth-order valence-corrected chi connectivity index (χ4v) is 3.14. The van der Waals surface area contributed by atoms with Crippen LogP contribution in [0.25, 0.3) is 0 Å². The molecule has 2 aromatic rings. The highest BCUT2D eigenvalue weighted by molar-refractivity contribution is 5.90. The average Bonchev–Trinajstić information content (AvgIpc) is 2.61. The van der Waals surface area contributed by atoms with Crippen molar-refractivity contribution in [3.05, 3.63) is 76.2 Å². The standard InChI is InChI=1S/C21H24N2O2/c1-16-9-11-18(12-10-16)15-23-13-5-8-19(21(23)25)22-20(24)14-17-6-3-2-4-7-17/h3,5-6,8-13,17H,2,4,7,14-15H2,1H3,(H,22,24). The third kappa shape index (κ3) is 4.69. The van der Waals surface area contributed by atoms with Crippen LogP contribution in [0, 0.1) is 12.8 Å². The monoisotopic (exact) mass is 336 g/mol. The fraction of sp³-hybridized carbons (Fsp3) is 0.333. The highest BCUT2D eigenvalue weighted by atomic mass is 16.2. The summed E-state index contributed by atoms with van der Waals surface area (Å²) in [7, 11) is 0. The Kier molecular flexibility index (Phi) is 5.49. The molecule has 1 amide bonds. The number of rotatable bonds is 5. The molecular formula is C21H24N2O2. The summed E-state index contributed by atoms with van der Waals surface area (Å²) in [6.45, 7) is 2.53. The Morgan fingerprint density at radius 3 is 2.76 bits per heavy atom. The molecule has 1 N–H and O–H groups in total. The first-order chi connectivity index (χ1) is 12.1. The predicted molar refractivity (Wildman–Crippen MR) is 101 cm³/mol. The lowest BCUT2D eigenvalue weighted by atomic mass is 9.93. The Bertz CT molecular complexity index is 819. The first-order valence-corrected chi connectivity index (χ1v) is 8.83. The summed E-state index contributed by atoms with van der Waals surface area (Å²) in [6.07, 6.45) is 9.70. The summed E-state index contributed by atoms with van der Waals surface area (Å²) in [5.41, 5.74) is 2.42. The van der Waals surface area contributed by atoms with E-state index in [0.717, 1.165) is 24.8 Å². The summed E-state index contributed by atoms with van der Waals surface area (Å²) < 4.78 is 1.63. The van der Waals surface area contributed by atoms with Gasteiger partial charge in [-0.15, -0.1) is 0 Å². The number of anilines is 1. The van der Waals surface area contributed by atoms with Crippen LogP contribution >= 0.6 is 0 Å². The number of benzene rings is 1. The summed E-state index contributed by atoms with van der Waals surface area (Å²) in [5, 5.41) is 2.79. The molecule has 1 heterocycles. The molecule has 0 spiro atoms. The zero-order valence-electron chi connectivity index (χ0n) is 14.6. The van der Waals surface area contributed by atoms with Crippen molar-refractivity contribution in [2.45, 2.75) is 39.2 Å². The Morgan fingerprint density at radius 2 is 2.04 bits per heavy atom. The fourth-order valence-electron chi connectivity index (χ4n) is 3.14. The minimum atomic E-state index is -0.171. The van der Waals surface area contributed by atoms with Crippen molar-refractivity contribution in [3.63, 3.8) is 0 Å². The van der Waals surface area contributed by atoms with Crippen molar-refractivity contribution < 1.29 is 4.79 Å². The van der Waals surface area contributed by atoms with Crippen molar-refractivity contribution >= 4 is 11.6 Å². The van der Waals surface area contributed by atoms with Gasteiger partial charge in [0.1, 0.15) is 5.69 Å². The lowest BCUT2D eigenvalue weighted by Crippen LogP contribution is -2.26. The van der Waals surface area contributed by atoms with Gasteiger partial charge in [0.2, 0.25) is 5.91 Å². The minimum Gasteiger partial charge on any atom is -0.321 e. The van der Waals surface area contributed by atoms with Gasteiger partial charge in [-0.1, -0.05) is 42.0 Å². The van der Waals surface area contributed by atoms with Crippen molar-refractivity contribution in [2.75, 3.05) is 5.32 Å². The van der Waals surface area contributed by atoms with Gasteiger partial charge in [-0.3, -0.25) is 9.59 Å². The predicted octanol–water partition coefficient (Wildman–Crippen LogP) is 3.89. The maximum absolute atomic E-state index is 12.6. The van der Waals surface area contributed by atoms with Crippen LogP contribution in [0.3, 0.4) is 0 Å². The molecule has 25 heavy (non-hydrogen) atoms. The van der Waals surface area contributed by atoms with Crippen LogP contribution in [0.4, 0.5) is 5.69 Å². The smallest absolute Gasteiger partial charge is 0.274 e. The SMILES string of the molecule is Cc1ccc(Cn2cccc(NC(=O)CC3C=CCCC3)c2=O)cc1. The Labute approximate surface area is 148 Å². The number of allylic oxidation sites excluding steroid dienone is 2. The molecule has 1 unspecified atom stereocenters. The van der Waals surface area contributed by atoms with E-state index in [0.29, 0.717) is 18.7 Å². The number of amides is 1. The van der Waals surface area contributed by atoms with Crippen LogP contribution in [0.15, 0.2) is 59.5 Å². The van der Waals surface area contributed by atoms with Gasteiger partial charge in [0.25, 0.3) is 5.56 Å². The van der Waals surface area contributed by atoms with E-state index in [9.17, 15) is 9.59 Å². The summed E-state index contributed by atoms with van der Waals surface area (Å²) in [5.74, 6) is 0.189. The van der Waals surface area contributed by atoms with E-state index >= 15 is 0 Å². The number of carbonyl (C=O) groups is 1. The molecule has 1 aromatic heterocycles. The molecule has 0 bridgehead atoms. The topological polar surface area (TPSA) is 51.1 Å². The summed E-state index contributed by atoms with van der Waals surface area (Å²) >= 11 is 0. The molecule has 0 radical (unpaired) electrons. The van der Waals surface area contributed by atoms with E-state index < -0.39 is 0 Å². The third-order valence-corrected chi connectivity index (χ3v) is 4.57. The average molecular weight is 336 g/mol. The van der Waals surface area contributed by atoms with Crippen LogP contribution < -0.4 is 10.9 Å². The van der Waals surface area contributed by atoms with Crippen molar-refractivity contribution in [1.82, 2.24) is 4.57 Å². The second-order valence-electron chi connectivity index (χ2n) is 6.71. The molecule has 0 aliphatic heterocycles. The molecule has 0 fully saturated rings. The molecule has 1 aliphatic rings. The van der Waals surface area contributed by atoms with E-state index in [-0.39, 0.29) is 17.4 Å². The number of pyridine rings is 1. The second-order valence-corrected chi connectivity index (χ2v) is 6.71. The molecule has 4 heteroatoms. The van der Waals surface area contributed by atoms with Gasteiger partial charge in [0.15, 0.2) is 0 Å². The number of aryl methyl sites for hydroxylation is 1. The van der Waals surface area contributed by atoms with Gasteiger partial charge in [0.05, 0.1) is 6.54 Å². The zero-order chi connectivity index (χ0) is 17.6. The van der Waals surface area contributed by atoms with Gasteiger partial charge < -0.3 is 9.88 Å². The van der Waals surface area contributed by atoms with Crippen LogP contribution in [0.5, 0.6) is 0 Å². The van der Waals surface area contributed by atoms with Gasteiger partial charge in [-0.2, -0.15) is 0 Å². The Hall–Kier alpha value is -2.62. The summed E-state index contributed by atoms with van der Waals surface area (Å²) in [6, 6.07) is 11.6. The normalized spacial score (nSPS) is 16.6. The molecule has 130 valence electrons. The van der Waals surface area contributed by atoms with Crippen LogP contribution in [0.2, 0.25) is 0 Å². The molecule has 1 aliphatic carbocycles. The zero-order valence-corrected chi connectivity index (χ0v) is 14.6. The van der Waals surface area contributed by atoms with Crippen LogP contribution in [-0.2, 0) is 11.3 Å². The number of nitrogens with zero attached hydrogens (tertiary/aromatic N) is 1. The summed E-state index contributed by atoms with van der Waals surface area (Å²) in [4.78, 5) is 24.8. The number of hydrogen-bond donors (Lipinski definition) is 1. The van der Waals surface area contributed by atoms with E-state index in [2.05, 4.69) is 17.5 Å². The maximum Gasteiger partial charge on any atom is 0.274 e. The number of nitrogens with one attached hydrogen (secondary N) is 1. The first kappa shape index (κ1) is 17.2. The third-order valence-electron chi connectivity index (χ3n) is 4.57. The van der Waals surface area contributed by atoms with E-state index in [4.69, 9.17) is 0 Å². The van der Waals surface area contributed by atoms with Crippen molar-refractivity contribution in [1.29, 1.82) is 0 Å². The lowest BCUT2D eigenvalue weighted by Gasteiger charge is -2.16. The minimum absolute atomic E-state index is 0.0956. The molecule has 4 nitrogen and oxygen atoms in total. The molecule has 3 rings (SSSR count). The van der Waals surface area contributed by atoms with Gasteiger partial charge in [-0.05, 0) is 49.8 Å². The molecule has 0 saturated carbocycles. The van der Waals surface area contributed by atoms with E-state index in [1.807, 2.05) is 31.2 Å². The van der Waals surface area contributed by atoms with Crippen molar-refractivity contribution in [2.24, 2.45) is 5.92 Å². The van der Waals surface area contributed by atoms with E-state index in [1.165, 1.54) is 5.56 Å². The quantitative estimate of drug-likeness (QED) is 0.842. The molecular weight excluding hydrogens is 312 g/mol. The first-order valence-electron chi connectivity index (χ1n) is 8.83. The largest absolute Gasteiger partial charge is 0.321 e. The van der Waals surface area contributed by atoms with Crippen molar-refractivity contribution in [3.8, 4) is 0 Å². The molecule has 1 atom stereocenters. The molecule has 1 aromatic carbocycles. The van der Waals surface area contributed by atoms with Crippen LogP contribution in [-0.4, -0.2) is 10.5 Å². The number of carbonyl (C=O) groups excluding carboxylic acids is 1. The molecule has 0 saturated heterocycles. The Balaban J connectivity index is 1.69.